The summed E-state index contributed by atoms with van der Waals surface area (Å²) in [7, 11) is -3.61. The molecule has 0 saturated heterocycles. The molecule has 3 aromatic rings. The number of nitrogens with zero attached hydrogens (tertiary/aromatic N) is 1. The molecular formula is C22H25N2O4P. The Bertz CT molecular complexity index is 961. The summed E-state index contributed by atoms with van der Waals surface area (Å²) in [6, 6.07) is 19.6. The summed E-state index contributed by atoms with van der Waals surface area (Å²) in [6.45, 7) is 4.48. The Balaban J connectivity index is 1.91. The van der Waals surface area contributed by atoms with Crippen LogP contribution in [0, 0.1) is 0 Å². The van der Waals surface area contributed by atoms with Crippen LogP contribution in [0.25, 0.3) is 12.2 Å². The molecule has 0 unspecified atom stereocenters. The van der Waals surface area contributed by atoms with Crippen LogP contribution in [-0.2, 0) is 20.2 Å². The van der Waals surface area contributed by atoms with Crippen molar-refractivity contribution in [2.24, 2.45) is 0 Å². The Hall–Kier alpha value is -2.66. The molecule has 7 heteroatoms. The van der Waals surface area contributed by atoms with Crippen molar-refractivity contribution in [3.63, 3.8) is 0 Å². The second-order valence-electron chi connectivity index (χ2n) is 6.12. The molecule has 0 bridgehead atoms. The number of hydrogen-bond donors (Lipinski definition) is 1. The van der Waals surface area contributed by atoms with Gasteiger partial charge in [-0.05, 0) is 31.1 Å². The van der Waals surface area contributed by atoms with Gasteiger partial charge >= 0.3 is 7.60 Å². The van der Waals surface area contributed by atoms with E-state index < -0.39 is 7.60 Å². The molecular weight excluding hydrogens is 387 g/mol. The average molecular weight is 412 g/mol. The monoisotopic (exact) mass is 412 g/mol. The number of rotatable bonds is 10. The van der Waals surface area contributed by atoms with Gasteiger partial charge in [-0.15, -0.1) is 0 Å². The topological polar surface area (TPSA) is 73.6 Å². The second kappa shape index (κ2) is 10.2. The predicted octanol–water partition coefficient (Wildman–Crippen LogP) is 5.35. The van der Waals surface area contributed by atoms with Gasteiger partial charge < -0.3 is 18.8 Å². The zero-order chi connectivity index (χ0) is 20.5. The van der Waals surface area contributed by atoms with Crippen molar-refractivity contribution >= 4 is 31.1 Å². The molecule has 1 heterocycles. The molecule has 2 aromatic carbocycles. The molecule has 0 aliphatic rings. The number of benzene rings is 2. The van der Waals surface area contributed by atoms with Crippen LogP contribution < -0.4 is 10.8 Å². The molecule has 0 aliphatic carbocycles. The minimum Gasteiger partial charge on any atom is -0.420 e. The minimum absolute atomic E-state index is 0.157. The fourth-order valence-electron chi connectivity index (χ4n) is 2.71. The van der Waals surface area contributed by atoms with Gasteiger partial charge in [0.2, 0.25) is 17.2 Å². The van der Waals surface area contributed by atoms with Crippen LogP contribution in [0.5, 0.6) is 0 Å². The maximum absolute atomic E-state index is 13.3. The third kappa shape index (κ3) is 5.67. The highest BCUT2D eigenvalue weighted by atomic mass is 31.2. The summed E-state index contributed by atoms with van der Waals surface area (Å²) >= 11 is 0. The van der Waals surface area contributed by atoms with Gasteiger partial charge in [0, 0.05) is 12.6 Å². The van der Waals surface area contributed by atoms with Gasteiger partial charge in [-0.2, -0.15) is 4.98 Å². The smallest absolute Gasteiger partial charge is 0.385 e. The van der Waals surface area contributed by atoms with Crippen LogP contribution in [0.1, 0.15) is 30.9 Å². The van der Waals surface area contributed by atoms with E-state index in [2.05, 4.69) is 10.3 Å². The normalized spacial score (nSPS) is 11.8. The van der Waals surface area contributed by atoms with E-state index in [1.165, 1.54) is 0 Å². The van der Waals surface area contributed by atoms with Gasteiger partial charge in [0.1, 0.15) is 0 Å². The Morgan fingerprint density at radius 1 is 0.966 bits per heavy atom. The highest BCUT2D eigenvalue weighted by Crippen LogP contribution is 2.48. The molecule has 0 spiro atoms. The molecule has 1 N–H and O–H groups in total. The fraction of sp³-hybridized carbons (Fsp3) is 0.227. The van der Waals surface area contributed by atoms with Gasteiger partial charge in [-0.1, -0.05) is 60.7 Å². The third-order valence-electron chi connectivity index (χ3n) is 4.00. The second-order valence-corrected chi connectivity index (χ2v) is 8.06. The van der Waals surface area contributed by atoms with Crippen molar-refractivity contribution < 1.29 is 18.0 Å². The summed E-state index contributed by atoms with van der Waals surface area (Å²) in [5.74, 6) is 0.603. The lowest BCUT2D eigenvalue weighted by atomic mass is 10.2. The molecule has 0 radical (unpaired) electrons. The molecule has 0 atom stereocenters. The van der Waals surface area contributed by atoms with Gasteiger partial charge in [0.15, 0.2) is 0 Å². The van der Waals surface area contributed by atoms with Gasteiger partial charge in [-0.3, -0.25) is 4.57 Å². The standard InChI is InChI=1S/C22H25N2O4P/c1-3-26-29(25,27-4-2)22-21(23-17-19-13-9-6-10-14-19)28-20(24-22)16-15-18-11-7-5-8-12-18/h5-16,23H,3-4,17H2,1-2H3/b16-15+. The molecule has 0 amide bonds. The zero-order valence-electron chi connectivity index (χ0n) is 16.6. The lowest BCUT2D eigenvalue weighted by Gasteiger charge is -2.15. The van der Waals surface area contributed by atoms with Crippen molar-refractivity contribution in [2.75, 3.05) is 18.5 Å². The molecule has 1 aromatic heterocycles. The Kier molecular flexibility index (Phi) is 7.42. The van der Waals surface area contributed by atoms with Crippen LogP contribution in [0.4, 0.5) is 5.88 Å². The van der Waals surface area contributed by atoms with E-state index in [9.17, 15) is 4.57 Å². The van der Waals surface area contributed by atoms with Crippen LogP contribution >= 0.6 is 7.60 Å². The summed E-state index contributed by atoms with van der Waals surface area (Å²) in [5.41, 5.74) is 2.22. The van der Waals surface area contributed by atoms with Gasteiger partial charge in [0.25, 0.3) is 0 Å². The SMILES string of the molecule is CCOP(=O)(OCC)c1nc(/C=C/c2ccccc2)oc1NCc1ccccc1. The van der Waals surface area contributed by atoms with E-state index in [0.29, 0.717) is 12.4 Å². The first-order valence-corrected chi connectivity index (χ1v) is 11.1. The van der Waals surface area contributed by atoms with Crippen LogP contribution in [-0.4, -0.2) is 18.2 Å². The number of aromatic nitrogens is 1. The molecule has 0 saturated carbocycles. The third-order valence-corrected chi connectivity index (χ3v) is 6.02. The number of oxazole rings is 1. The van der Waals surface area contributed by atoms with Gasteiger partial charge in [0.05, 0.1) is 13.2 Å². The number of nitrogens with one attached hydrogen (secondary N) is 1. The molecule has 0 aliphatic heterocycles. The van der Waals surface area contributed by atoms with Crippen molar-refractivity contribution in [1.82, 2.24) is 4.98 Å². The molecule has 29 heavy (non-hydrogen) atoms. The summed E-state index contributed by atoms with van der Waals surface area (Å²) < 4.78 is 30.1. The quantitative estimate of drug-likeness (QED) is 0.453. The molecule has 152 valence electrons. The molecule has 6 nitrogen and oxygen atoms in total. The van der Waals surface area contributed by atoms with Crippen molar-refractivity contribution in [1.29, 1.82) is 0 Å². The first-order valence-electron chi connectivity index (χ1n) is 9.56. The Labute approximate surface area is 171 Å². The Morgan fingerprint density at radius 3 is 2.21 bits per heavy atom. The lowest BCUT2D eigenvalue weighted by molar-refractivity contribution is 0.229. The van der Waals surface area contributed by atoms with Gasteiger partial charge in [-0.25, -0.2) is 0 Å². The predicted molar refractivity (Wildman–Crippen MR) is 116 cm³/mol. The first kappa shape index (κ1) is 21.1. The van der Waals surface area contributed by atoms with E-state index in [1.807, 2.05) is 66.7 Å². The number of hydrogen-bond acceptors (Lipinski definition) is 6. The highest BCUT2D eigenvalue weighted by molar-refractivity contribution is 7.62. The molecule has 3 rings (SSSR count). The largest absolute Gasteiger partial charge is 0.420 e. The number of anilines is 1. The van der Waals surface area contributed by atoms with E-state index in [-0.39, 0.29) is 24.5 Å². The van der Waals surface area contributed by atoms with E-state index in [1.54, 1.807) is 19.9 Å². The molecule has 0 fully saturated rings. The van der Waals surface area contributed by atoms with Crippen LogP contribution in [0.15, 0.2) is 65.1 Å². The summed E-state index contributed by atoms with van der Waals surface area (Å²) in [4.78, 5) is 4.42. The van der Waals surface area contributed by atoms with Crippen molar-refractivity contribution in [3.8, 4) is 0 Å². The van der Waals surface area contributed by atoms with Crippen LogP contribution in [0.2, 0.25) is 0 Å². The van der Waals surface area contributed by atoms with E-state index >= 15 is 0 Å². The lowest BCUT2D eigenvalue weighted by Crippen LogP contribution is -2.16. The maximum atomic E-state index is 13.3. The van der Waals surface area contributed by atoms with E-state index in [4.69, 9.17) is 13.5 Å². The zero-order valence-corrected chi connectivity index (χ0v) is 17.5. The summed E-state index contributed by atoms with van der Waals surface area (Å²) in [6.07, 6.45) is 3.61. The highest BCUT2D eigenvalue weighted by Gasteiger charge is 2.35. The first-order chi connectivity index (χ1) is 14.1. The van der Waals surface area contributed by atoms with Crippen LogP contribution in [0.3, 0.4) is 0 Å². The average Bonchev–Trinajstić information content (AvgIpc) is 3.17. The Morgan fingerprint density at radius 2 is 1.59 bits per heavy atom. The van der Waals surface area contributed by atoms with E-state index in [0.717, 1.165) is 11.1 Å². The van der Waals surface area contributed by atoms with Crippen molar-refractivity contribution in [3.05, 3.63) is 77.7 Å². The van der Waals surface area contributed by atoms with Crippen molar-refractivity contribution in [2.45, 2.75) is 20.4 Å². The summed E-state index contributed by atoms with van der Waals surface area (Å²) in [5, 5.41) is 3.18. The maximum Gasteiger partial charge on any atom is 0.385 e. The minimum atomic E-state index is -3.61. The fourth-order valence-corrected chi connectivity index (χ4v) is 4.30.